The standard InChI is InChI=1S/C32H56N2O7SSi/c1-31(2,3)41-27(37)19-24-20-33(42(39,40)16-17-43(6,7)8)15-13-11-9-10-12-14-23(22-35)18-26(36)29-28-25(32(28,4)5)21-34(29)30(24)38/h22-25,28-29H,9-21H2,1-8H3/t23-,24+,25+,28+,29-/m1/s1. The molecule has 1 saturated carbocycles. The van der Waals surface area contributed by atoms with E-state index < -0.39 is 41.6 Å². The quantitative estimate of drug-likeness (QED) is 0.220. The van der Waals surface area contributed by atoms with Crippen molar-refractivity contribution in [2.45, 2.75) is 123 Å². The molecule has 2 heterocycles. The summed E-state index contributed by atoms with van der Waals surface area (Å²) in [6, 6.07) is -0.0591. The summed E-state index contributed by atoms with van der Waals surface area (Å²) in [5.41, 5.74) is -0.856. The van der Waals surface area contributed by atoms with E-state index in [0.717, 1.165) is 32.0 Å². The van der Waals surface area contributed by atoms with Gasteiger partial charge < -0.3 is 14.4 Å². The van der Waals surface area contributed by atoms with Gasteiger partial charge in [-0.15, -0.1) is 0 Å². The van der Waals surface area contributed by atoms with Crippen molar-refractivity contribution in [3.05, 3.63) is 0 Å². The van der Waals surface area contributed by atoms with Crippen molar-refractivity contribution >= 4 is 42.0 Å². The van der Waals surface area contributed by atoms with Crippen molar-refractivity contribution in [3.8, 4) is 0 Å². The van der Waals surface area contributed by atoms with Crippen LogP contribution in [-0.4, -0.2) is 86.7 Å². The van der Waals surface area contributed by atoms with E-state index in [0.29, 0.717) is 25.4 Å². The molecule has 0 spiro atoms. The number of piperidine rings is 1. The SMILES string of the molecule is CC(C)(C)OC(=O)C[C@H]1CN(S(=O)(=O)CC[Si](C)(C)C)CCCCCCC[C@@H](C=O)CC(=O)[C@@H]2[C@@H]3[C@H](CN2C1=O)C3(C)C. The first kappa shape index (κ1) is 35.9. The van der Waals surface area contributed by atoms with Crippen molar-refractivity contribution in [3.63, 3.8) is 0 Å². The van der Waals surface area contributed by atoms with E-state index in [-0.39, 0.29) is 66.5 Å². The molecule has 246 valence electrons. The number of hydrogen-bond acceptors (Lipinski definition) is 7. The normalized spacial score (nSPS) is 30.0. The van der Waals surface area contributed by atoms with Gasteiger partial charge in [0.05, 0.1) is 24.1 Å². The number of ether oxygens (including phenoxy) is 1. The predicted molar refractivity (Wildman–Crippen MR) is 171 cm³/mol. The second kappa shape index (κ2) is 13.8. The zero-order valence-corrected chi connectivity index (χ0v) is 29.6. The average Bonchev–Trinajstić information content (AvgIpc) is 3.20. The molecule has 0 aromatic carbocycles. The lowest BCUT2D eigenvalue weighted by Crippen LogP contribution is -2.51. The molecule has 0 N–H and O–H groups in total. The van der Waals surface area contributed by atoms with Crippen LogP contribution >= 0.6 is 0 Å². The number of sulfonamides is 1. The Bertz CT molecular complexity index is 1140. The second-order valence-electron chi connectivity index (χ2n) is 16.0. The lowest BCUT2D eigenvalue weighted by atomic mass is 9.89. The Hall–Kier alpha value is -1.59. The molecular weight excluding hydrogens is 585 g/mol. The van der Waals surface area contributed by atoms with E-state index >= 15 is 0 Å². The number of fused-ring (bicyclic) bond motifs is 3. The summed E-state index contributed by atoms with van der Waals surface area (Å²) in [7, 11) is -5.35. The molecular formula is C32H56N2O7SSi. The van der Waals surface area contributed by atoms with Crippen LogP contribution < -0.4 is 0 Å². The highest BCUT2D eigenvalue weighted by Crippen LogP contribution is 2.65. The van der Waals surface area contributed by atoms with Crippen molar-refractivity contribution < 1.29 is 32.3 Å². The highest BCUT2D eigenvalue weighted by molar-refractivity contribution is 7.89. The second-order valence-corrected chi connectivity index (χ2v) is 23.7. The van der Waals surface area contributed by atoms with E-state index in [9.17, 15) is 27.6 Å². The molecule has 1 aliphatic carbocycles. The zero-order valence-electron chi connectivity index (χ0n) is 27.8. The number of aldehydes is 1. The monoisotopic (exact) mass is 640 g/mol. The molecule has 3 aliphatic rings. The minimum absolute atomic E-state index is 0.00566. The highest BCUT2D eigenvalue weighted by atomic mass is 32.2. The minimum Gasteiger partial charge on any atom is -0.460 e. The molecule has 3 rings (SSSR count). The summed E-state index contributed by atoms with van der Waals surface area (Å²) in [6.45, 7) is 16.5. The summed E-state index contributed by atoms with van der Waals surface area (Å²) in [5, 5.41) is 0. The third-order valence-electron chi connectivity index (χ3n) is 9.57. The summed E-state index contributed by atoms with van der Waals surface area (Å²) in [5.74, 6) is -2.21. The molecule has 2 aliphatic heterocycles. The Balaban J connectivity index is 1.99. The van der Waals surface area contributed by atoms with E-state index in [4.69, 9.17) is 4.74 Å². The molecule has 43 heavy (non-hydrogen) atoms. The van der Waals surface area contributed by atoms with Gasteiger partial charge in [-0.2, -0.15) is 0 Å². The van der Waals surface area contributed by atoms with Gasteiger partial charge in [-0.25, -0.2) is 12.7 Å². The highest BCUT2D eigenvalue weighted by Gasteiger charge is 2.69. The molecule has 0 bridgehead atoms. The van der Waals surface area contributed by atoms with Gasteiger partial charge in [0.2, 0.25) is 15.9 Å². The Morgan fingerprint density at radius 2 is 1.67 bits per heavy atom. The lowest BCUT2D eigenvalue weighted by Gasteiger charge is -2.35. The molecule has 0 unspecified atom stereocenters. The number of carbonyl (C=O) groups excluding carboxylic acids is 4. The van der Waals surface area contributed by atoms with Crippen molar-refractivity contribution in [1.82, 2.24) is 9.21 Å². The van der Waals surface area contributed by atoms with Crippen LogP contribution in [0.2, 0.25) is 25.7 Å². The molecule has 1 amide bonds. The van der Waals surface area contributed by atoms with Gasteiger partial charge in [0.25, 0.3) is 0 Å². The number of carbonyl (C=O) groups is 4. The van der Waals surface area contributed by atoms with Crippen LogP contribution in [0, 0.1) is 29.1 Å². The first-order valence-corrected chi connectivity index (χ1v) is 21.6. The Kier molecular flexibility index (Phi) is 11.5. The zero-order chi connectivity index (χ0) is 32.4. The first-order valence-electron chi connectivity index (χ1n) is 16.2. The number of esters is 1. The van der Waals surface area contributed by atoms with Crippen LogP contribution in [-0.2, 0) is 33.9 Å². The van der Waals surface area contributed by atoms with Crippen LogP contribution in [0.5, 0.6) is 0 Å². The maximum Gasteiger partial charge on any atom is 0.307 e. The van der Waals surface area contributed by atoms with E-state index in [1.807, 2.05) is 0 Å². The fraction of sp³-hybridized carbons (Fsp3) is 0.875. The fourth-order valence-electron chi connectivity index (χ4n) is 6.91. The smallest absolute Gasteiger partial charge is 0.307 e. The van der Waals surface area contributed by atoms with Crippen molar-refractivity contribution in [2.24, 2.45) is 29.1 Å². The average molecular weight is 641 g/mol. The van der Waals surface area contributed by atoms with Gasteiger partial charge in [-0.05, 0) is 56.9 Å². The van der Waals surface area contributed by atoms with Crippen LogP contribution in [0.1, 0.15) is 86.0 Å². The summed E-state index contributed by atoms with van der Waals surface area (Å²) in [6.07, 6.45) is 5.47. The number of nitrogens with zero attached hydrogens (tertiary/aromatic N) is 2. The number of ketones is 1. The van der Waals surface area contributed by atoms with Crippen LogP contribution in [0.25, 0.3) is 0 Å². The van der Waals surface area contributed by atoms with Crippen LogP contribution in [0.4, 0.5) is 0 Å². The van der Waals surface area contributed by atoms with Gasteiger partial charge in [-0.1, -0.05) is 59.2 Å². The van der Waals surface area contributed by atoms with Gasteiger partial charge in [0.15, 0.2) is 5.78 Å². The molecule has 0 aromatic heterocycles. The Morgan fingerprint density at radius 1 is 1.05 bits per heavy atom. The minimum atomic E-state index is -3.69. The predicted octanol–water partition coefficient (Wildman–Crippen LogP) is 4.92. The molecule has 3 fully saturated rings. The van der Waals surface area contributed by atoms with E-state index in [1.54, 1.807) is 25.7 Å². The maximum absolute atomic E-state index is 14.4. The summed E-state index contributed by atoms with van der Waals surface area (Å²) >= 11 is 0. The summed E-state index contributed by atoms with van der Waals surface area (Å²) in [4.78, 5) is 54.8. The first-order chi connectivity index (χ1) is 19.8. The number of Topliss-reactive ketones (excluding diaryl/α,β-unsaturated/α-hetero) is 1. The third kappa shape index (κ3) is 9.70. The van der Waals surface area contributed by atoms with Crippen LogP contribution in [0.15, 0.2) is 0 Å². The van der Waals surface area contributed by atoms with Gasteiger partial charge in [0.1, 0.15) is 11.9 Å². The lowest BCUT2D eigenvalue weighted by molar-refractivity contribution is -0.159. The van der Waals surface area contributed by atoms with E-state index in [2.05, 4.69) is 33.5 Å². The summed E-state index contributed by atoms with van der Waals surface area (Å²) < 4.78 is 34.5. The van der Waals surface area contributed by atoms with Crippen LogP contribution in [0.3, 0.4) is 0 Å². The largest absolute Gasteiger partial charge is 0.460 e. The Morgan fingerprint density at radius 3 is 2.28 bits per heavy atom. The number of rotatable bonds is 7. The molecule has 0 aromatic rings. The maximum atomic E-state index is 14.4. The van der Waals surface area contributed by atoms with Gasteiger partial charge >= 0.3 is 5.97 Å². The number of amides is 1. The topological polar surface area (TPSA) is 118 Å². The molecule has 0 radical (unpaired) electrons. The molecule has 9 nitrogen and oxygen atoms in total. The number of hydrogen-bond donors (Lipinski definition) is 0. The molecule has 5 atom stereocenters. The van der Waals surface area contributed by atoms with Crippen molar-refractivity contribution in [2.75, 3.05) is 25.4 Å². The van der Waals surface area contributed by atoms with E-state index in [1.165, 1.54) is 4.31 Å². The van der Waals surface area contributed by atoms with Gasteiger partial charge in [0, 0.05) is 40.0 Å². The molecule has 11 heteroatoms. The molecule has 2 saturated heterocycles. The third-order valence-corrected chi connectivity index (χ3v) is 13.5. The fourth-order valence-corrected chi connectivity index (χ4v) is 11.5. The Labute approximate surface area is 260 Å². The van der Waals surface area contributed by atoms with Gasteiger partial charge in [-0.3, -0.25) is 14.4 Å². The van der Waals surface area contributed by atoms with Crippen molar-refractivity contribution in [1.29, 1.82) is 0 Å².